The van der Waals surface area contributed by atoms with Crippen molar-refractivity contribution < 1.29 is 18.7 Å². The number of anilines is 1. The molecule has 2 N–H and O–H groups in total. The van der Waals surface area contributed by atoms with E-state index in [1.807, 2.05) is 42.5 Å². The molecule has 0 aliphatic heterocycles. The van der Waals surface area contributed by atoms with Gasteiger partial charge in [-0.2, -0.15) is 0 Å². The first-order valence-electron chi connectivity index (χ1n) is 10.7. The van der Waals surface area contributed by atoms with Crippen LogP contribution in [0.3, 0.4) is 0 Å². The number of amides is 1. The van der Waals surface area contributed by atoms with Crippen LogP contribution in [0.4, 0.5) is 15.8 Å². The zero-order chi connectivity index (χ0) is 23.7. The molecule has 0 saturated carbocycles. The van der Waals surface area contributed by atoms with Gasteiger partial charge in [-0.3, -0.25) is 9.78 Å². The van der Waals surface area contributed by atoms with E-state index in [-0.39, 0.29) is 17.7 Å². The first-order chi connectivity index (χ1) is 16.5. The highest BCUT2D eigenvalue weighted by Gasteiger charge is 2.17. The number of aromatic nitrogens is 1. The van der Waals surface area contributed by atoms with E-state index < -0.39 is 11.7 Å². The molecule has 5 rings (SSSR count). The first kappa shape index (κ1) is 21.5. The maximum Gasteiger partial charge on any atom is 0.261 e. The van der Waals surface area contributed by atoms with Crippen LogP contribution < -0.4 is 10.9 Å². The fraction of sp³-hybridized carbons (Fsp3) is 0.0741. The Kier molecular flexibility index (Phi) is 5.61. The minimum atomic E-state index is -0.520. The molecule has 0 fully saturated rings. The second-order valence-corrected chi connectivity index (χ2v) is 7.81. The van der Waals surface area contributed by atoms with Gasteiger partial charge < -0.3 is 14.8 Å². The fourth-order valence-electron chi connectivity index (χ4n) is 3.84. The minimum absolute atomic E-state index is 0.0812. The minimum Gasteiger partial charge on any atom is -0.436 e. The topological polar surface area (TPSA) is 87.7 Å². The number of carbonyl (C=O) groups is 1. The summed E-state index contributed by atoms with van der Waals surface area (Å²) in [4.78, 5) is 22.3. The van der Waals surface area contributed by atoms with E-state index in [1.165, 1.54) is 18.2 Å². The molecule has 0 spiro atoms. The number of hydrogen-bond donors (Lipinski definition) is 2. The van der Waals surface area contributed by atoms with Gasteiger partial charge in [-0.05, 0) is 42.6 Å². The van der Waals surface area contributed by atoms with Crippen LogP contribution in [-0.2, 0) is 6.61 Å². The summed E-state index contributed by atoms with van der Waals surface area (Å²) in [5.74, 6) is -0.987. The van der Waals surface area contributed by atoms with Gasteiger partial charge in [0.2, 0.25) is 5.55 Å². The van der Waals surface area contributed by atoms with Crippen molar-refractivity contribution in [1.82, 2.24) is 4.98 Å². The van der Waals surface area contributed by atoms with Gasteiger partial charge in [0.05, 0.1) is 18.0 Å². The molecule has 5 aromatic rings. The molecular formula is C27H20FN3O3. The molecule has 0 unspecified atom stereocenters. The van der Waals surface area contributed by atoms with E-state index >= 15 is 0 Å². The Morgan fingerprint density at radius 1 is 1.06 bits per heavy atom. The quantitative estimate of drug-likeness (QED) is 0.381. The Morgan fingerprint density at radius 3 is 2.68 bits per heavy atom. The third-order valence-electron chi connectivity index (χ3n) is 5.54. The fourth-order valence-corrected chi connectivity index (χ4v) is 3.84. The number of halogens is 1. The van der Waals surface area contributed by atoms with E-state index in [2.05, 4.69) is 10.3 Å². The number of carbonyl (C=O) groups excluding carboxylic acids is 1. The highest BCUT2D eigenvalue weighted by molar-refractivity contribution is 6.05. The summed E-state index contributed by atoms with van der Waals surface area (Å²) in [5, 5.41) is 14.9. The lowest BCUT2D eigenvalue weighted by Crippen LogP contribution is -2.22. The van der Waals surface area contributed by atoms with Crippen LogP contribution in [0.2, 0.25) is 0 Å². The number of benzene rings is 3. The van der Waals surface area contributed by atoms with Crippen LogP contribution in [0.1, 0.15) is 21.6 Å². The van der Waals surface area contributed by atoms with Gasteiger partial charge in [0.1, 0.15) is 11.4 Å². The Balaban J connectivity index is 1.76. The predicted octanol–water partition coefficient (Wildman–Crippen LogP) is 5.41. The molecule has 1 amide bonds. The number of hydrogen-bond acceptors (Lipinski definition) is 5. The molecule has 7 heteroatoms. The van der Waals surface area contributed by atoms with Crippen LogP contribution in [0.5, 0.6) is 0 Å². The lowest BCUT2D eigenvalue weighted by atomic mass is 10.1. The molecular weight excluding hydrogens is 433 g/mol. The molecule has 0 atom stereocenters. The van der Waals surface area contributed by atoms with Gasteiger partial charge in [0, 0.05) is 28.2 Å². The molecule has 3 aromatic carbocycles. The van der Waals surface area contributed by atoms with Gasteiger partial charge in [-0.25, -0.2) is 9.38 Å². The van der Waals surface area contributed by atoms with Crippen molar-refractivity contribution in [2.24, 2.45) is 4.99 Å². The van der Waals surface area contributed by atoms with Gasteiger partial charge >= 0.3 is 0 Å². The SMILES string of the molecule is Cc1ncc(CO)c2cc(C(=O)Nc3cccc(F)c3)c(=Nc3cccc4ccccc34)oc12. The summed E-state index contributed by atoms with van der Waals surface area (Å²) >= 11 is 0. The molecule has 0 saturated heterocycles. The van der Waals surface area contributed by atoms with Crippen molar-refractivity contribution in [2.75, 3.05) is 5.32 Å². The summed E-state index contributed by atoms with van der Waals surface area (Å²) in [6.07, 6.45) is 1.54. The maximum absolute atomic E-state index is 13.7. The number of aryl methyl sites for hydroxylation is 1. The number of nitrogens with zero attached hydrogens (tertiary/aromatic N) is 2. The van der Waals surface area contributed by atoms with Crippen molar-refractivity contribution >= 4 is 39.0 Å². The first-order valence-corrected chi connectivity index (χ1v) is 10.7. The number of aliphatic hydroxyl groups excluding tert-OH is 1. The van der Waals surface area contributed by atoms with Crippen LogP contribution in [-0.4, -0.2) is 16.0 Å². The molecule has 2 aromatic heterocycles. The molecule has 2 heterocycles. The number of aliphatic hydroxyl groups is 1. The Bertz CT molecular complexity index is 1620. The van der Waals surface area contributed by atoms with Crippen molar-refractivity contribution in [3.05, 3.63) is 107 Å². The van der Waals surface area contributed by atoms with E-state index in [4.69, 9.17) is 9.41 Å². The van der Waals surface area contributed by atoms with Crippen LogP contribution >= 0.6 is 0 Å². The summed E-state index contributed by atoms with van der Waals surface area (Å²) < 4.78 is 19.8. The second-order valence-electron chi connectivity index (χ2n) is 7.81. The number of fused-ring (bicyclic) bond motifs is 2. The third kappa shape index (κ3) is 4.04. The Hall–Kier alpha value is -4.36. The molecule has 6 nitrogen and oxygen atoms in total. The third-order valence-corrected chi connectivity index (χ3v) is 5.54. The van der Waals surface area contributed by atoms with Gasteiger partial charge in [-0.1, -0.05) is 42.5 Å². The van der Waals surface area contributed by atoms with Crippen LogP contribution in [0.15, 0.2) is 88.4 Å². The average Bonchev–Trinajstić information content (AvgIpc) is 2.84. The summed E-state index contributed by atoms with van der Waals surface area (Å²) in [5.41, 5.74) is 2.69. The van der Waals surface area contributed by atoms with Crippen molar-refractivity contribution in [3.63, 3.8) is 0 Å². The zero-order valence-electron chi connectivity index (χ0n) is 18.2. The number of pyridine rings is 1. The summed E-state index contributed by atoms with van der Waals surface area (Å²) in [6, 6.07) is 20.7. The molecule has 0 aliphatic carbocycles. The van der Waals surface area contributed by atoms with Crippen molar-refractivity contribution in [3.8, 4) is 0 Å². The molecule has 168 valence electrons. The van der Waals surface area contributed by atoms with E-state index in [9.17, 15) is 14.3 Å². The number of nitrogens with one attached hydrogen (secondary N) is 1. The van der Waals surface area contributed by atoms with Gasteiger partial charge in [0.25, 0.3) is 5.91 Å². The molecule has 34 heavy (non-hydrogen) atoms. The van der Waals surface area contributed by atoms with Crippen molar-refractivity contribution in [1.29, 1.82) is 0 Å². The lowest BCUT2D eigenvalue weighted by Gasteiger charge is -2.10. The second kappa shape index (κ2) is 8.88. The molecule has 0 radical (unpaired) electrons. The number of rotatable bonds is 4. The zero-order valence-corrected chi connectivity index (χ0v) is 18.2. The standard InChI is InChI=1S/C27H20FN3O3/c1-16-25-22(18(15-32)14-29-16)13-23(26(33)30-20-9-5-8-19(28)12-20)27(34-25)31-24-11-4-7-17-6-2-3-10-21(17)24/h2-14,32H,15H2,1H3,(H,30,33). The van der Waals surface area contributed by atoms with E-state index in [0.29, 0.717) is 33.6 Å². The Morgan fingerprint density at radius 2 is 1.85 bits per heavy atom. The summed E-state index contributed by atoms with van der Waals surface area (Å²) in [6.45, 7) is 1.51. The van der Waals surface area contributed by atoms with E-state index in [1.54, 1.807) is 25.3 Å². The van der Waals surface area contributed by atoms with Crippen LogP contribution in [0, 0.1) is 12.7 Å². The van der Waals surface area contributed by atoms with E-state index in [0.717, 1.165) is 10.8 Å². The average molecular weight is 453 g/mol. The molecule has 0 bridgehead atoms. The molecule has 0 aliphatic rings. The monoisotopic (exact) mass is 453 g/mol. The van der Waals surface area contributed by atoms with Gasteiger partial charge in [0.15, 0.2) is 5.58 Å². The normalized spacial score (nSPS) is 11.8. The van der Waals surface area contributed by atoms with Crippen LogP contribution in [0.25, 0.3) is 21.7 Å². The Labute approximate surface area is 194 Å². The smallest absolute Gasteiger partial charge is 0.261 e. The highest BCUT2D eigenvalue weighted by atomic mass is 19.1. The highest BCUT2D eigenvalue weighted by Crippen LogP contribution is 2.26. The summed E-state index contributed by atoms with van der Waals surface area (Å²) in [7, 11) is 0. The largest absolute Gasteiger partial charge is 0.436 e. The predicted molar refractivity (Wildman–Crippen MR) is 128 cm³/mol. The lowest BCUT2D eigenvalue weighted by molar-refractivity contribution is 0.102. The maximum atomic E-state index is 13.7. The van der Waals surface area contributed by atoms with Crippen molar-refractivity contribution in [2.45, 2.75) is 13.5 Å². The van der Waals surface area contributed by atoms with Gasteiger partial charge in [-0.15, -0.1) is 0 Å².